The van der Waals surface area contributed by atoms with Crippen molar-refractivity contribution >= 4 is 15.9 Å². The third-order valence-electron chi connectivity index (χ3n) is 2.86. The highest BCUT2D eigenvalue weighted by molar-refractivity contribution is 9.10. The molecule has 1 unspecified atom stereocenters. The molecule has 2 aromatic rings. The van der Waals surface area contributed by atoms with Gasteiger partial charge in [-0.3, -0.25) is 0 Å². The van der Waals surface area contributed by atoms with E-state index in [9.17, 15) is 0 Å². The fraction of sp³-hybridized carbons (Fsp3) is 0.200. The minimum atomic E-state index is 0.353. The summed E-state index contributed by atoms with van der Waals surface area (Å²) in [5.74, 6) is 1.69. The highest BCUT2D eigenvalue weighted by atomic mass is 79.9. The second-order valence-corrected chi connectivity index (χ2v) is 5.05. The SMILES string of the molecule is CNC(C)c1ccc(Oc2ccc(Br)cc2)cc1. The van der Waals surface area contributed by atoms with Gasteiger partial charge in [0.2, 0.25) is 0 Å². The van der Waals surface area contributed by atoms with Crippen molar-refractivity contribution in [1.82, 2.24) is 5.32 Å². The lowest BCUT2D eigenvalue weighted by atomic mass is 10.1. The van der Waals surface area contributed by atoms with Crippen LogP contribution in [0.1, 0.15) is 18.5 Å². The molecule has 0 aliphatic heterocycles. The Hall–Kier alpha value is -1.32. The van der Waals surface area contributed by atoms with Crippen LogP contribution in [-0.4, -0.2) is 7.05 Å². The third kappa shape index (κ3) is 3.34. The number of nitrogens with one attached hydrogen (secondary N) is 1. The van der Waals surface area contributed by atoms with Crippen LogP contribution in [0.3, 0.4) is 0 Å². The van der Waals surface area contributed by atoms with Crippen LogP contribution >= 0.6 is 15.9 Å². The minimum Gasteiger partial charge on any atom is -0.457 e. The Morgan fingerprint density at radius 1 is 0.944 bits per heavy atom. The fourth-order valence-corrected chi connectivity index (χ4v) is 1.89. The number of hydrogen-bond acceptors (Lipinski definition) is 2. The molecule has 2 aromatic carbocycles. The zero-order chi connectivity index (χ0) is 13.0. The van der Waals surface area contributed by atoms with E-state index in [2.05, 4.69) is 40.3 Å². The summed E-state index contributed by atoms with van der Waals surface area (Å²) < 4.78 is 6.81. The summed E-state index contributed by atoms with van der Waals surface area (Å²) in [6.45, 7) is 2.13. The van der Waals surface area contributed by atoms with Gasteiger partial charge in [0.1, 0.15) is 11.5 Å². The van der Waals surface area contributed by atoms with Crippen molar-refractivity contribution in [1.29, 1.82) is 0 Å². The quantitative estimate of drug-likeness (QED) is 0.896. The predicted molar refractivity (Wildman–Crippen MR) is 78.1 cm³/mol. The molecule has 0 heterocycles. The van der Waals surface area contributed by atoms with E-state index in [0.29, 0.717) is 6.04 Å². The standard InChI is InChI=1S/C15H16BrNO/c1-11(17-2)12-3-7-14(8-4-12)18-15-9-5-13(16)6-10-15/h3-11,17H,1-2H3. The van der Waals surface area contributed by atoms with Crippen LogP contribution in [0.4, 0.5) is 0 Å². The zero-order valence-electron chi connectivity index (χ0n) is 10.5. The van der Waals surface area contributed by atoms with Gasteiger partial charge in [-0.05, 0) is 55.9 Å². The van der Waals surface area contributed by atoms with E-state index in [1.165, 1.54) is 5.56 Å². The van der Waals surface area contributed by atoms with E-state index < -0.39 is 0 Å². The molecule has 0 amide bonds. The summed E-state index contributed by atoms with van der Waals surface area (Å²) in [6.07, 6.45) is 0. The molecular formula is C15H16BrNO. The van der Waals surface area contributed by atoms with Crippen LogP contribution in [0, 0.1) is 0 Å². The van der Waals surface area contributed by atoms with E-state index >= 15 is 0 Å². The maximum absolute atomic E-state index is 5.76. The first-order chi connectivity index (χ1) is 8.69. The molecule has 0 bridgehead atoms. The molecule has 94 valence electrons. The lowest BCUT2D eigenvalue weighted by Gasteiger charge is -2.11. The van der Waals surface area contributed by atoms with Crippen LogP contribution < -0.4 is 10.1 Å². The van der Waals surface area contributed by atoms with Gasteiger partial charge >= 0.3 is 0 Å². The highest BCUT2D eigenvalue weighted by Gasteiger charge is 2.02. The Morgan fingerprint density at radius 2 is 1.44 bits per heavy atom. The van der Waals surface area contributed by atoms with E-state index in [1.807, 2.05) is 43.4 Å². The predicted octanol–water partition coefficient (Wildman–Crippen LogP) is 4.52. The summed E-state index contributed by atoms with van der Waals surface area (Å²) in [5.41, 5.74) is 1.25. The van der Waals surface area contributed by atoms with Crippen LogP contribution in [0.5, 0.6) is 11.5 Å². The van der Waals surface area contributed by atoms with Gasteiger partial charge in [0.05, 0.1) is 0 Å². The maximum Gasteiger partial charge on any atom is 0.127 e. The Kier molecular flexibility index (Phi) is 4.39. The van der Waals surface area contributed by atoms with Gasteiger partial charge in [-0.15, -0.1) is 0 Å². The van der Waals surface area contributed by atoms with Crippen LogP contribution in [0.15, 0.2) is 53.0 Å². The first-order valence-electron chi connectivity index (χ1n) is 5.89. The first-order valence-corrected chi connectivity index (χ1v) is 6.69. The average Bonchev–Trinajstić information content (AvgIpc) is 2.41. The summed E-state index contributed by atoms with van der Waals surface area (Å²) in [7, 11) is 1.96. The molecule has 0 aromatic heterocycles. The largest absolute Gasteiger partial charge is 0.457 e. The maximum atomic E-state index is 5.76. The number of halogens is 1. The monoisotopic (exact) mass is 305 g/mol. The van der Waals surface area contributed by atoms with E-state index in [1.54, 1.807) is 0 Å². The molecule has 2 rings (SSSR count). The Bertz CT molecular complexity index is 493. The molecule has 0 saturated heterocycles. The second-order valence-electron chi connectivity index (χ2n) is 4.14. The van der Waals surface area contributed by atoms with Gasteiger partial charge in [-0.2, -0.15) is 0 Å². The van der Waals surface area contributed by atoms with Crippen molar-refractivity contribution in [2.24, 2.45) is 0 Å². The van der Waals surface area contributed by atoms with Crippen LogP contribution in [0.25, 0.3) is 0 Å². The third-order valence-corrected chi connectivity index (χ3v) is 3.39. The molecule has 0 aliphatic carbocycles. The lowest BCUT2D eigenvalue weighted by Crippen LogP contribution is -2.11. The van der Waals surface area contributed by atoms with Gasteiger partial charge in [0.15, 0.2) is 0 Å². The molecule has 3 heteroatoms. The minimum absolute atomic E-state index is 0.353. The lowest BCUT2D eigenvalue weighted by molar-refractivity contribution is 0.482. The van der Waals surface area contributed by atoms with Crippen molar-refractivity contribution in [2.75, 3.05) is 7.05 Å². The molecular weight excluding hydrogens is 290 g/mol. The number of benzene rings is 2. The molecule has 0 saturated carbocycles. The van der Waals surface area contributed by atoms with Crippen molar-refractivity contribution in [3.8, 4) is 11.5 Å². The smallest absolute Gasteiger partial charge is 0.127 e. The first kappa shape index (κ1) is 13.1. The van der Waals surface area contributed by atoms with Crippen molar-refractivity contribution in [3.05, 3.63) is 58.6 Å². The molecule has 18 heavy (non-hydrogen) atoms. The summed E-state index contributed by atoms with van der Waals surface area (Å²) in [4.78, 5) is 0. The van der Waals surface area contributed by atoms with Gasteiger partial charge < -0.3 is 10.1 Å². The Balaban J connectivity index is 2.08. The van der Waals surface area contributed by atoms with Gasteiger partial charge in [0, 0.05) is 10.5 Å². The summed E-state index contributed by atoms with van der Waals surface area (Å²) in [6, 6.07) is 16.3. The van der Waals surface area contributed by atoms with Gasteiger partial charge in [-0.1, -0.05) is 28.1 Å². The molecule has 0 aliphatic rings. The molecule has 0 fully saturated rings. The molecule has 1 N–H and O–H groups in total. The second kappa shape index (κ2) is 6.03. The van der Waals surface area contributed by atoms with Crippen molar-refractivity contribution in [2.45, 2.75) is 13.0 Å². The Morgan fingerprint density at radius 3 is 1.94 bits per heavy atom. The topological polar surface area (TPSA) is 21.3 Å². The average molecular weight is 306 g/mol. The fourth-order valence-electron chi connectivity index (χ4n) is 1.63. The van der Waals surface area contributed by atoms with Crippen LogP contribution in [0.2, 0.25) is 0 Å². The van der Waals surface area contributed by atoms with Crippen LogP contribution in [-0.2, 0) is 0 Å². The normalized spacial score (nSPS) is 12.2. The zero-order valence-corrected chi connectivity index (χ0v) is 12.1. The van der Waals surface area contributed by atoms with Gasteiger partial charge in [-0.25, -0.2) is 0 Å². The van der Waals surface area contributed by atoms with E-state index in [4.69, 9.17) is 4.74 Å². The van der Waals surface area contributed by atoms with Crippen molar-refractivity contribution < 1.29 is 4.74 Å². The molecule has 2 nitrogen and oxygen atoms in total. The van der Waals surface area contributed by atoms with E-state index in [-0.39, 0.29) is 0 Å². The molecule has 0 radical (unpaired) electrons. The van der Waals surface area contributed by atoms with E-state index in [0.717, 1.165) is 16.0 Å². The number of ether oxygens (including phenoxy) is 1. The van der Waals surface area contributed by atoms with Crippen molar-refractivity contribution in [3.63, 3.8) is 0 Å². The number of hydrogen-bond donors (Lipinski definition) is 1. The molecule has 1 atom stereocenters. The highest BCUT2D eigenvalue weighted by Crippen LogP contribution is 2.24. The van der Waals surface area contributed by atoms with Gasteiger partial charge in [0.25, 0.3) is 0 Å². The summed E-state index contributed by atoms with van der Waals surface area (Å²) in [5, 5.41) is 3.21. The Labute approximate surface area is 116 Å². The summed E-state index contributed by atoms with van der Waals surface area (Å²) >= 11 is 3.40. The number of rotatable bonds is 4. The molecule has 0 spiro atoms.